The first-order valence-corrected chi connectivity index (χ1v) is 6.88. The second kappa shape index (κ2) is 6.37. The molecule has 0 saturated carbocycles. The van der Waals surface area contributed by atoms with Crippen LogP contribution in [0.25, 0.3) is 0 Å². The Morgan fingerprint density at radius 2 is 2.32 bits per heavy atom. The lowest BCUT2D eigenvalue weighted by molar-refractivity contribution is -0.0180. The van der Waals surface area contributed by atoms with Crippen molar-refractivity contribution < 1.29 is 9.84 Å². The van der Waals surface area contributed by atoms with Crippen LogP contribution in [0.5, 0.6) is 0 Å². The zero-order valence-electron chi connectivity index (χ0n) is 11.7. The normalized spacial score (nSPS) is 26.3. The van der Waals surface area contributed by atoms with E-state index in [2.05, 4.69) is 11.8 Å². The maximum Gasteiger partial charge on any atom is 0.0917 e. The first-order chi connectivity index (χ1) is 9.10. The van der Waals surface area contributed by atoms with Crippen molar-refractivity contribution >= 4 is 5.69 Å². The van der Waals surface area contributed by atoms with E-state index >= 15 is 0 Å². The maximum atomic E-state index is 10.3. The van der Waals surface area contributed by atoms with Gasteiger partial charge in [0, 0.05) is 25.9 Å². The number of nitrogen functional groups attached to an aromatic ring is 1. The molecule has 1 aliphatic heterocycles. The third-order valence-electron chi connectivity index (χ3n) is 4.00. The van der Waals surface area contributed by atoms with Crippen molar-refractivity contribution in [3.8, 4) is 0 Å². The minimum absolute atomic E-state index is 0.266. The lowest BCUT2D eigenvalue weighted by Crippen LogP contribution is -2.45. The Hall–Kier alpha value is -1.10. The molecule has 106 valence electrons. The largest absolute Gasteiger partial charge is 0.399 e. The van der Waals surface area contributed by atoms with E-state index in [0.717, 1.165) is 25.1 Å². The number of aliphatic hydroxyl groups is 1. The number of β-amino-alcohol motifs (C(OH)–C–C–N with tert-alkyl or cyclic N) is 1. The van der Waals surface area contributed by atoms with Crippen LogP contribution in [0.3, 0.4) is 0 Å². The van der Waals surface area contributed by atoms with Gasteiger partial charge < -0.3 is 15.6 Å². The number of nitrogens with two attached hydrogens (primary N) is 1. The molecule has 1 aliphatic rings. The molecule has 1 saturated heterocycles. The standard InChI is InChI=1S/C15H24N2O2/c1-11-6-7-17(10-15(11)19-2)9-14(18)12-4-3-5-13(16)8-12/h3-5,8,11,14-15,18H,6-7,9-10,16H2,1-2H3. The molecule has 0 spiro atoms. The molecule has 1 heterocycles. The highest BCUT2D eigenvalue weighted by Crippen LogP contribution is 2.23. The van der Waals surface area contributed by atoms with E-state index in [9.17, 15) is 5.11 Å². The SMILES string of the molecule is COC1CN(CC(O)c2cccc(N)c2)CCC1C. The maximum absolute atomic E-state index is 10.3. The van der Waals surface area contributed by atoms with Gasteiger partial charge in [-0.2, -0.15) is 0 Å². The summed E-state index contributed by atoms with van der Waals surface area (Å²) in [6.07, 6.45) is 0.888. The van der Waals surface area contributed by atoms with E-state index in [4.69, 9.17) is 10.5 Å². The van der Waals surface area contributed by atoms with E-state index in [1.807, 2.05) is 24.3 Å². The van der Waals surface area contributed by atoms with Crippen LogP contribution >= 0.6 is 0 Å². The highest BCUT2D eigenvalue weighted by atomic mass is 16.5. The number of rotatable bonds is 4. The highest BCUT2D eigenvalue weighted by Gasteiger charge is 2.27. The highest BCUT2D eigenvalue weighted by molar-refractivity contribution is 5.41. The molecular formula is C15H24N2O2. The Balaban J connectivity index is 1.94. The van der Waals surface area contributed by atoms with E-state index < -0.39 is 6.10 Å². The van der Waals surface area contributed by atoms with Crippen LogP contribution in [0.2, 0.25) is 0 Å². The molecule has 4 heteroatoms. The van der Waals surface area contributed by atoms with Crippen LogP contribution in [0.15, 0.2) is 24.3 Å². The summed E-state index contributed by atoms with van der Waals surface area (Å²) < 4.78 is 5.50. The fourth-order valence-corrected chi connectivity index (χ4v) is 2.69. The number of aliphatic hydroxyl groups excluding tert-OH is 1. The Kier molecular flexibility index (Phi) is 4.80. The molecule has 0 aromatic heterocycles. The smallest absolute Gasteiger partial charge is 0.0917 e. The number of piperidine rings is 1. The number of hydrogen-bond acceptors (Lipinski definition) is 4. The van der Waals surface area contributed by atoms with Crippen molar-refractivity contribution in [1.29, 1.82) is 0 Å². The molecule has 2 rings (SSSR count). The van der Waals surface area contributed by atoms with Crippen LogP contribution < -0.4 is 5.73 Å². The summed E-state index contributed by atoms with van der Waals surface area (Å²) in [7, 11) is 1.76. The summed E-state index contributed by atoms with van der Waals surface area (Å²) in [5.74, 6) is 0.589. The number of likely N-dealkylation sites (tertiary alicyclic amines) is 1. The second-order valence-corrected chi connectivity index (χ2v) is 5.49. The van der Waals surface area contributed by atoms with Crippen LogP contribution in [0.4, 0.5) is 5.69 Å². The van der Waals surface area contributed by atoms with E-state index in [-0.39, 0.29) is 6.10 Å². The molecule has 3 atom stereocenters. The summed E-state index contributed by atoms with van der Waals surface area (Å²) in [6, 6.07) is 7.47. The Bertz CT molecular complexity index is 411. The summed E-state index contributed by atoms with van der Waals surface area (Å²) in [4.78, 5) is 2.27. The van der Waals surface area contributed by atoms with Crippen molar-refractivity contribution in [2.75, 3.05) is 32.5 Å². The molecule has 3 N–H and O–H groups in total. The van der Waals surface area contributed by atoms with Gasteiger partial charge in [-0.05, 0) is 36.6 Å². The van der Waals surface area contributed by atoms with Gasteiger partial charge in [-0.15, -0.1) is 0 Å². The molecule has 0 radical (unpaired) electrons. The van der Waals surface area contributed by atoms with E-state index in [1.165, 1.54) is 0 Å². The summed E-state index contributed by atoms with van der Waals surface area (Å²) in [6.45, 7) is 4.76. The first kappa shape index (κ1) is 14.3. The summed E-state index contributed by atoms with van der Waals surface area (Å²) >= 11 is 0. The topological polar surface area (TPSA) is 58.7 Å². The first-order valence-electron chi connectivity index (χ1n) is 6.88. The van der Waals surface area contributed by atoms with Gasteiger partial charge in [-0.1, -0.05) is 19.1 Å². The zero-order valence-corrected chi connectivity index (χ0v) is 11.7. The molecular weight excluding hydrogens is 240 g/mol. The average molecular weight is 264 g/mol. The van der Waals surface area contributed by atoms with Gasteiger partial charge in [0.15, 0.2) is 0 Å². The Labute approximate surface area is 115 Å². The molecule has 0 aliphatic carbocycles. The monoisotopic (exact) mass is 264 g/mol. The minimum Gasteiger partial charge on any atom is -0.399 e. The van der Waals surface area contributed by atoms with Crippen molar-refractivity contribution in [2.24, 2.45) is 5.92 Å². The van der Waals surface area contributed by atoms with Crippen molar-refractivity contribution in [3.05, 3.63) is 29.8 Å². The van der Waals surface area contributed by atoms with Gasteiger partial charge in [0.05, 0.1) is 12.2 Å². The molecule has 1 fully saturated rings. The molecule has 3 unspecified atom stereocenters. The molecule has 1 aromatic rings. The number of benzene rings is 1. The lowest BCUT2D eigenvalue weighted by atomic mass is 9.95. The van der Waals surface area contributed by atoms with Gasteiger partial charge >= 0.3 is 0 Å². The lowest BCUT2D eigenvalue weighted by Gasteiger charge is -2.37. The van der Waals surface area contributed by atoms with Gasteiger partial charge in [-0.25, -0.2) is 0 Å². The van der Waals surface area contributed by atoms with Crippen molar-refractivity contribution in [2.45, 2.75) is 25.6 Å². The summed E-state index contributed by atoms with van der Waals surface area (Å²) in [5.41, 5.74) is 7.32. The van der Waals surface area contributed by atoms with Crippen LogP contribution in [0, 0.1) is 5.92 Å². The van der Waals surface area contributed by atoms with Crippen molar-refractivity contribution in [1.82, 2.24) is 4.90 Å². The number of hydrogen-bond donors (Lipinski definition) is 2. The van der Waals surface area contributed by atoms with Gasteiger partial charge in [0.1, 0.15) is 0 Å². The third kappa shape index (κ3) is 3.69. The molecule has 1 aromatic carbocycles. The quantitative estimate of drug-likeness (QED) is 0.812. The van der Waals surface area contributed by atoms with Gasteiger partial charge in [0.25, 0.3) is 0 Å². The Morgan fingerprint density at radius 1 is 1.53 bits per heavy atom. The fourth-order valence-electron chi connectivity index (χ4n) is 2.69. The van der Waals surface area contributed by atoms with E-state index in [0.29, 0.717) is 18.2 Å². The van der Waals surface area contributed by atoms with Crippen LogP contribution in [-0.2, 0) is 4.74 Å². The molecule has 4 nitrogen and oxygen atoms in total. The molecule has 0 bridgehead atoms. The minimum atomic E-state index is -0.491. The Morgan fingerprint density at radius 3 is 3.00 bits per heavy atom. The predicted molar refractivity (Wildman–Crippen MR) is 76.8 cm³/mol. The number of anilines is 1. The average Bonchev–Trinajstić information content (AvgIpc) is 2.41. The zero-order chi connectivity index (χ0) is 13.8. The second-order valence-electron chi connectivity index (χ2n) is 5.49. The fraction of sp³-hybridized carbons (Fsp3) is 0.600. The number of methoxy groups -OCH3 is 1. The predicted octanol–water partition coefficient (Wildman–Crippen LogP) is 1.66. The van der Waals surface area contributed by atoms with E-state index in [1.54, 1.807) is 7.11 Å². The van der Waals surface area contributed by atoms with Crippen molar-refractivity contribution in [3.63, 3.8) is 0 Å². The van der Waals surface area contributed by atoms with Crippen LogP contribution in [0.1, 0.15) is 25.0 Å². The number of ether oxygens (including phenoxy) is 1. The summed E-state index contributed by atoms with van der Waals surface area (Å²) in [5, 5.41) is 10.3. The molecule has 0 amide bonds. The third-order valence-corrected chi connectivity index (χ3v) is 4.00. The van der Waals surface area contributed by atoms with Crippen LogP contribution in [-0.4, -0.2) is 42.9 Å². The van der Waals surface area contributed by atoms with Gasteiger partial charge in [0.2, 0.25) is 0 Å². The molecule has 19 heavy (non-hydrogen) atoms. The number of nitrogens with zero attached hydrogens (tertiary/aromatic N) is 1. The van der Waals surface area contributed by atoms with Gasteiger partial charge in [-0.3, -0.25) is 4.90 Å².